The maximum absolute atomic E-state index is 12.1. The molecule has 6 heterocycles. The number of quaternary nitrogens is 1. The van der Waals surface area contributed by atoms with Gasteiger partial charge in [-0.1, -0.05) is 24.3 Å². The molecule has 4 N–H and O–H groups in total. The Bertz CT molecular complexity index is 1220. The van der Waals surface area contributed by atoms with E-state index in [9.17, 15) is 32.3 Å². The highest BCUT2D eigenvalue weighted by Gasteiger charge is 2.61. The number of carbonyl (C=O) groups excluding carboxylic acids is 4. The molecular weight excluding hydrogens is 625 g/mol. The fraction of sp³-hybridized carbons (Fsp3) is 0.542. The van der Waals surface area contributed by atoms with Gasteiger partial charge < -0.3 is 20.3 Å². The molecule has 0 aromatic heterocycles. The smallest absolute Gasteiger partial charge is 0.475 e. The van der Waals surface area contributed by atoms with Gasteiger partial charge >= 0.3 is 12.1 Å². The number of fused-ring (bicyclic) bond motifs is 10. The second-order valence-corrected chi connectivity index (χ2v) is 10.2. The van der Waals surface area contributed by atoms with E-state index in [-0.39, 0.29) is 78.3 Å². The third-order valence-electron chi connectivity index (χ3n) is 7.13. The summed E-state index contributed by atoms with van der Waals surface area (Å²) < 4.78 is 44.7. The molecule has 6 aliphatic rings. The van der Waals surface area contributed by atoms with Gasteiger partial charge in [-0.3, -0.25) is 29.0 Å². The van der Waals surface area contributed by atoms with Crippen molar-refractivity contribution in [1.82, 2.24) is 9.80 Å². The van der Waals surface area contributed by atoms with E-state index in [2.05, 4.69) is 52.5 Å². The molecule has 0 aliphatic carbocycles. The third-order valence-corrected chi connectivity index (χ3v) is 7.26. The number of aliphatic carboxylic acids is 1. The number of nitrogens with zero attached hydrogens (tertiary/aromatic N) is 3. The largest absolute Gasteiger partial charge is 0.490 e. The SMILES string of the molecule is O=C(O)C(F)(F)F.O=C1C2C3C=CC(O3)C2C(=O)N1CCN=C=S.S=C=S.[NH3+]CCN1C(=O)C2C3C=CC(O3)C2C1=O. The summed E-state index contributed by atoms with van der Waals surface area (Å²) in [4.78, 5) is 63.3. The first-order valence-corrected chi connectivity index (χ1v) is 13.6. The average Bonchev–Trinajstić information content (AvgIpc) is 3.77. The summed E-state index contributed by atoms with van der Waals surface area (Å²) >= 11 is 12.4. The number of aliphatic imine (C=N–C) groups is 1. The van der Waals surface area contributed by atoms with Crippen LogP contribution in [0.2, 0.25) is 0 Å². The molecule has 226 valence electrons. The molecule has 0 radical (unpaired) electrons. The number of hydrogen-bond acceptors (Lipinski definition) is 11. The monoisotopic (exact) mass is 649 g/mol. The van der Waals surface area contributed by atoms with Gasteiger partial charge in [-0.25, -0.2) is 9.79 Å². The lowest BCUT2D eigenvalue weighted by Crippen LogP contribution is -2.56. The van der Waals surface area contributed by atoms with Crippen molar-refractivity contribution in [2.24, 2.45) is 28.7 Å². The van der Waals surface area contributed by atoms with E-state index in [1.54, 1.807) is 0 Å². The van der Waals surface area contributed by atoms with Crippen LogP contribution >= 0.6 is 36.7 Å². The Balaban J connectivity index is 0.000000177. The topological polar surface area (TPSA) is 171 Å². The molecule has 6 rings (SSSR count). The van der Waals surface area contributed by atoms with Crippen molar-refractivity contribution in [1.29, 1.82) is 0 Å². The van der Waals surface area contributed by atoms with Gasteiger partial charge in [0.15, 0.2) is 0 Å². The molecule has 4 amide bonds. The Hall–Kier alpha value is -3.08. The maximum Gasteiger partial charge on any atom is 0.490 e. The normalized spacial score (nSPS) is 32.2. The molecule has 0 saturated carbocycles. The second-order valence-electron chi connectivity index (χ2n) is 9.37. The number of imide groups is 2. The van der Waals surface area contributed by atoms with Gasteiger partial charge in [0.2, 0.25) is 23.6 Å². The Kier molecular flexibility index (Phi) is 11.1. The number of carboxylic acids is 1. The van der Waals surface area contributed by atoms with Crippen LogP contribution in [-0.2, 0) is 33.4 Å². The number of isothiocyanates is 1. The summed E-state index contributed by atoms with van der Waals surface area (Å²) in [6.45, 7) is 1.61. The van der Waals surface area contributed by atoms with Gasteiger partial charge in [0.25, 0.3) is 0 Å². The number of thiocarbonyl (C=S) groups is 3. The highest BCUT2D eigenvalue weighted by molar-refractivity contribution is 7.93. The maximum atomic E-state index is 12.1. The van der Waals surface area contributed by atoms with E-state index >= 15 is 0 Å². The van der Waals surface area contributed by atoms with Gasteiger partial charge in [0.05, 0.1) is 72.9 Å². The summed E-state index contributed by atoms with van der Waals surface area (Å²) in [6.07, 6.45) is 1.65. The number of carbonyl (C=O) groups is 5. The van der Waals surface area contributed by atoms with Gasteiger partial charge in [0, 0.05) is 10.9 Å². The molecule has 0 aromatic carbocycles. The fourth-order valence-corrected chi connectivity index (χ4v) is 5.62. The Morgan fingerprint density at radius 1 is 0.833 bits per heavy atom. The quantitative estimate of drug-likeness (QED) is 0.176. The predicted molar refractivity (Wildman–Crippen MR) is 145 cm³/mol. The van der Waals surface area contributed by atoms with Crippen LogP contribution in [0.5, 0.6) is 0 Å². The van der Waals surface area contributed by atoms with Gasteiger partial charge in [-0.2, -0.15) is 13.2 Å². The summed E-state index contributed by atoms with van der Waals surface area (Å²) in [5.41, 5.74) is 3.67. The highest BCUT2D eigenvalue weighted by Crippen LogP contribution is 2.45. The van der Waals surface area contributed by atoms with Crippen LogP contribution in [0.25, 0.3) is 0 Å². The van der Waals surface area contributed by atoms with Crippen molar-refractivity contribution in [3.63, 3.8) is 0 Å². The minimum Gasteiger partial charge on any atom is -0.475 e. The van der Waals surface area contributed by atoms with E-state index in [4.69, 9.17) is 19.4 Å². The number of rotatable bonds is 5. The number of amides is 4. The molecule has 42 heavy (non-hydrogen) atoms. The van der Waals surface area contributed by atoms with Gasteiger partial charge in [-0.05, 0) is 36.7 Å². The van der Waals surface area contributed by atoms with E-state index in [0.717, 1.165) is 0 Å². The van der Waals surface area contributed by atoms with E-state index < -0.39 is 12.1 Å². The molecule has 8 atom stereocenters. The number of hydrogen-bond donors (Lipinski definition) is 2. The lowest BCUT2D eigenvalue weighted by atomic mass is 9.85. The molecule has 18 heteroatoms. The number of alkyl halides is 3. The summed E-state index contributed by atoms with van der Waals surface area (Å²) in [5.74, 6) is -4.38. The molecule has 4 fully saturated rings. The van der Waals surface area contributed by atoms with Crippen molar-refractivity contribution in [3.05, 3.63) is 24.3 Å². The van der Waals surface area contributed by atoms with Crippen LogP contribution in [-0.4, -0.2) is 111 Å². The number of likely N-dealkylation sites (tertiary alicyclic amines) is 2. The minimum absolute atomic E-state index is 0.0782. The molecule has 4 saturated heterocycles. The zero-order chi connectivity index (χ0) is 31.4. The Morgan fingerprint density at radius 3 is 1.40 bits per heavy atom. The van der Waals surface area contributed by atoms with Crippen molar-refractivity contribution in [2.45, 2.75) is 30.6 Å². The third kappa shape index (κ3) is 6.61. The molecule has 6 aliphatic heterocycles. The van der Waals surface area contributed by atoms with Crippen molar-refractivity contribution in [2.75, 3.05) is 26.2 Å². The van der Waals surface area contributed by atoms with Crippen molar-refractivity contribution >= 4 is 75.7 Å². The predicted octanol–water partition coefficient (Wildman–Crippen LogP) is -0.154. The number of ether oxygens (including phenoxy) is 2. The van der Waals surface area contributed by atoms with E-state index in [1.807, 2.05) is 28.6 Å². The molecule has 0 aromatic rings. The van der Waals surface area contributed by atoms with E-state index in [1.165, 1.54) is 9.80 Å². The number of halogens is 3. The Labute approximate surface area is 252 Å². The van der Waals surface area contributed by atoms with Crippen LogP contribution in [0, 0.1) is 23.7 Å². The lowest BCUT2D eigenvalue weighted by molar-refractivity contribution is -0.367. The summed E-state index contributed by atoms with van der Waals surface area (Å²) in [5, 5.41) is 9.35. The van der Waals surface area contributed by atoms with Crippen molar-refractivity contribution in [3.8, 4) is 0 Å². The highest BCUT2D eigenvalue weighted by atomic mass is 32.1. The van der Waals surface area contributed by atoms with Crippen LogP contribution in [0.4, 0.5) is 13.2 Å². The zero-order valence-corrected chi connectivity index (χ0v) is 23.9. The minimum atomic E-state index is -5.08. The standard InChI is InChI=1S/C11H10N2O3S.C10H12N2O3.C2HF3O2.CS2/c14-10-8-6-1-2-7(16-6)9(8)11(15)13(10)4-3-12-5-17;11-3-4-12-9(13)7-5-1-2-6(15-5)8(7)10(12)14;3-2(4,5)1(6)7;2-1-3/h1-2,6-9H,3-4H2;1-2,5-8H,3-4,11H2;(H,6,7);/p+1. The first-order valence-electron chi connectivity index (χ1n) is 12.3. The molecule has 4 bridgehead atoms. The van der Waals surface area contributed by atoms with Gasteiger partial charge in [-0.15, -0.1) is 0 Å². The zero-order valence-electron chi connectivity index (χ0n) is 21.5. The van der Waals surface area contributed by atoms with Gasteiger partial charge in [0.1, 0.15) is 0 Å². The summed E-state index contributed by atoms with van der Waals surface area (Å²) in [7, 11) is 0. The lowest BCUT2D eigenvalue weighted by Gasteiger charge is -2.15. The summed E-state index contributed by atoms with van der Waals surface area (Å²) in [6, 6.07) is 0. The Morgan fingerprint density at radius 2 is 1.14 bits per heavy atom. The molecule has 8 unspecified atom stereocenters. The van der Waals surface area contributed by atoms with Crippen LogP contribution in [0.15, 0.2) is 29.3 Å². The second kappa shape index (κ2) is 13.9. The van der Waals surface area contributed by atoms with Crippen LogP contribution < -0.4 is 5.73 Å². The first kappa shape index (κ1) is 33.4. The van der Waals surface area contributed by atoms with Crippen LogP contribution in [0.3, 0.4) is 0 Å². The van der Waals surface area contributed by atoms with E-state index in [0.29, 0.717) is 19.6 Å². The molecular formula is C24H24F3N4O8S3+. The fourth-order valence-electron chi connectivity index (χ4n) is 5.53. The van der Waals surface area contributed by atoms with Crippen molar-refractivity contribution < 1.29 is 57.5 Å². The molecule has 12 nitrogen and oxygen atoms in total. The first-order chi connectivity index (χ1) is 19.8. The number of carboxylic acid groups (broad SMARTS) is 1. The molecule has 0 spiro atoms. The van der Waals surface area contributed by atoms with Crippen LogP contribution in [0.1, 0.15) is 0 Å². The average molecular weight is 650 g/mol.